The van der Waals surface area contributed by atoms with Crippen LogP contribution in [-0.4, -0.2) is 22.4 Å². The standard InChI is InChI=1S/C18H17N3OS/c22-17(10-9-14-5-3-11-19-13-14)20-12-4-8-18-21-15-6-1-2-7-16(15)23-18/h1-3,5-7,9-11,13H,4,8,12H2,(H,20,22)/b10-9+. The van der Waals surface area contributed by atoms with E-state index in [0.717, 1.165) is 28.9 Å². The topological polar surface area (TPSA) is 54.9 Å². The van der Waals surface area contributed by atoms with Gasteiger partial charge < -0.3 is 5.32 Å². The first-order chi connectivity index (χ1) is 11.3. The maximum absolute atomic E-state index is 11.7. The molecule has 1 aromatic carbocycles. The van der Waals surface area contributed by atoms with Crippen molar-refractivity contribution in [3.8, 4) is 0 Å². The average molecular weight is 323 g/mol. The Morgan fingerprint density at radius 1 is 1.22 bits per heavy atom. The second-order valence-corrected chi connectivity index (χ2v) is 6.20. The molecule has 0 fully saturated rings. The number of benzene rings is 1. The molecule has 0 bridgehead atoms. The summed E-state index contributed by atoms with van der Waals surface area (Å²) in [5, 5.41) is 4.00. The number of carbonyl (C=O) groups is 1. The van der Waals surface area contributed by atoms with Crippen molar-refractivity contribution in [1.29, 1.82) is 0 Å². The van der Waals surface area contributed by atoms with E-state index in [9.17, 15) is 4.79 Å². The second kappa shape index (κ2) is 7.65. The van der Waals surface area contributed by atoms with Gasteiger partial charge in [0.1, 0.15) is 0 Å². The van der Waals surface area contributed by atoms with Crippen LogP contribution < -0.4 is 5.32 Å². The molecule has 1 amide bonds. The van der Waals surface area contributed by atoms with Crippen LogP contribution >= 0.6 is 11.3 Å². The fraction of sp³-hybridized carbons (Fsp3) is 0.167. The van der Waals surface area contributed by atoms with Crippen molar-refractivity contribution < 1.29 is 4.79 Å². The lowest BCUT2D eigenvalue weighted by molar-refractivity contribution is -0.116. The molecule has 0 atom stereocenters. The molecule has 116 valence electrons. The van der Waals surface area contributed by atoms with Gasteiger partial charge in [0.25, 0.3) is 0 Å². The summed E-state index contributed by atoms with van der Waals surface area (Å²) in [4.78, 5) is 20.3. The highest BCUT2D eigenvalue weighted by Gasteiger charge is 2.03. The van der Waals surface area contributed by atoms with Crippen molar-refractivity contribution >= 4 is 33.5 Å². The molecule has 0 radical (unpaired) electrons. The maximum atomic E-state index is 11.7. The molecule has 3 aromatic rings. The quantitative estimate of drug-likeness (QED) is 0.558. The Labute approximate surface area is 138 Å². The highest BCUT2D eigenvalue weighted by atomic mass is 32.1. The van der Waals surface area contributed by atoms with E-state index in [1.807, 2.05) is 30.3 Å². The predicted octanol–water partition coefficient (Wildman–Crippen LogP) is 3.45. The van der Waals surface area contributed by atoms with Crippen LogP contribution in [0.15, 0.2) is 54.9 Å². The van der Waals surface area contributed by atoms with Gasteiger partial charge in [-0.05, 0) is 36.3 Å². The number of rotatable bonds is 6. The normalized spacial score (nSPS) is 11.1. The summed E-state index contributed by atoms with van der Waals surface area (Å²) in [5.74, 6) is -0.0850. The fourth-order valence-electron chi connectivity index (χ4n) is 2.18. The maximum Gasteiger partial charge on any atom is 0.244 e. The molecule has 0 aliphatic heterocycles. The van der Waals surface area contributed by atoms with E-state index in [1.54, 1.807) is 29.8 Å². The van der Waals surface area contributed by atoms with Crippen molar-refractivity contribution in [2.75, 3.05) is 6.54 Å². The van der Waals surface area contributed by atoms with E-state index < -0.39 is 0 Å². The number of carbonyl (C=O) groups excluding carboxylic acids is 1. The lowest BCUT2D eigenvalue weighted by Gasteiger charge is -2.00. The predicted molar refractivity (Wildman–Crippen MR) is 94.2 cm³/mol. The Hall–Kier alpha value is -2.53. The number of amides is 1. The third kappa shape index (κ3) is 4.47. The Bertz CT molecular complexity index is 778. The second-order valence-electron chi connectivity index (χ2n) is 5.09. The largest absolute Gasteiger partial charge is 0.353 e. The molecule has 2 aromatic heterocycles. The van der Waals surface area contributed by atoms with Gasteiger partial charge in [-0.3, -0.25) is 9.78 Å². The molecular weight excluding hydrogens is 306 g/mol. The van der Waals surface area contributed by atoms with Gasteiger partial charge >= 0.3 is 0 Å². The van der Waals surface area contributed by atoms with Crippen LogP contribution in [0.25, 0.3) is 16.3 Å². The number of pyridine rings is 1. The number of aryl methyl sites for hydroxylation is 1. The summed E-state index contributed by atoms with van der Waals surface area (Å²) in [6.07, 6.45) is 8.49. The van der Waals surface area contributed by atoms with E-state index in [4.69, 9.17) is 0 Å². The first-order valence-electron chi connectivity index (χ1n) is 7.52. The van der Waals surface area contributed by atoms with Gasteiger partial charge in [0.15, 0.2) is 0 Å². The molecule has 5 heteroatoms. The Morgan fingerprint density at radius 2 is 2.13 bits per heavy atom. The Balaban J connectivity index is 1.42. The summed E-state index contributed by atoms with van der Waals surface area (Å²) in [7, 11) is 0. The van der Waals surface area contributed by atoms with Gasteiger partial charge in [-0.1, -0.05) is 18.2 Å². The third-order valence-corrected chi connectivity index (χ3v) is 4.41. The summed E-state index contributed by atoms with van der Waals surface area (Å²) < 4.78 is 1.21. The molecule has 3 rings (SSSR count). The molecule has 1 N–H and O–H groups in total. The van der Waals surface area contributed by atoms with E-state index in [-0.39, 0.29) is 5.91 Å². The van der Waals surface area contributed by atoms with Crippen molar-refractivity contribution in [2.24, 2.45) is 0 Å². The number of hydrogen-bond donors (Lipinski definition) is 1. The zero-order valence-electron chi connectivity index (χ0n) is 12.6. The van der Waals surface area contributed by atoms with Crippen LogP contribution in [0.3, 0.4) is 0 Å². The van der Waals surface area contributed by atoms with Crippen LogP contribution in [0.5, 0.6) is 0 Å². The Morgan fingerprint density at radius 3 is 2.96 bits per heavy atom. The number of aromatic nitrogens is 2. The first-order valence-corrected chi connectivity index (χ1v) is 8.33. The molecule has 0 saturated carbocycles. The van der Waals surface area contributed by atoms with Crippen LogP contribution in [0, 0.1) is 0 Å². The molecule has 0 aliphatic rings. The minimum absolute atomic E-state index is 0.0850. The molecule has 4 nitrogen and oxygen atoms in total. The van der Waals surface area contributed by atoms with Crippen LogP contribution in [0.2, 0.25) is 0 Å². The molecular formula is C18H17N3OS. The number of thiazole rings is 1. The lowest BCUT2D eigenvalue weighted by Crippen LogP contribution is -2.22. The number of nitrogens with zero attached hydrogens (tertiary/aromatic N) is 2. The van der Waals surface area contributed by atoms with E-state index >= 15 is 0 Å². The number of hydrogen-bond acceptors (Lipinski definition) is 4. The molecule has 0 aliphatic carbocycles. The highest BCUT2D eigenvalue weighted by molar-refractivity contribution is 7.18. The van der Waals surface area contributed by atoms with Crippen LogP contribution in [-0.2, 0) is 11.2 Å². The van der Waals surface area contributed by atoms with Crippen molar-refractivity contribution in [1.82, 2.24) is 15.3 Å². The zero-order valence-corrected chi connectivity index (χ0v) is 13.4. The number of para-hydroxylation sites is 1. The van der Waals surface area contributed by atoms with Crippen molar-refractivity contribution in [3.63, 3.8) is 0 Å². The van der Waals surface area contributed by atoms with Gasteiger partial charge in [-0.25, -0.2) is 4.98 Å². The van der Waals surface area contributed by atoms with Gasteiger partial charge in [0.2, 0.25) is 5.91 Å². The average Bonchev–Trinajstić information content (AvgIpc) is 3.00. The first kappa shape index (κ1) is 15.4. The zero-order chi connectivity index (χ0) is 15.9. The van der Waals surface area contributed by atoms with Crippen molar-refractivity contribution in [2.45, 2.75) is 12.8 Å². The number of nitrogens with one attached hydrogen (secondary N) is 1. The third-order valence-electron chi connectivity index (χ3n) is 3.32. The monoisotopic (exact) mass is 323 g/mol. The minimum atomic E-state index is -0.0850. The lowest BCUT2D eigenvalue weighted by atomic mass is 10.2. The van der Waals surface area contributed by atoms with Crippen LogP contribution in [0.1, 0.15) is 17.0 Å². The molecule has 0 spiro atoms. The highest BCUT2D eigenvalue weighted by Crippen LogP contribution is 2.22. The van der Waals surface area contributed by atoms with E-state index in [2.05, 4.69) is 21.4 Å². The van der Waals surface area contributed by atoms with Gasteiger partial charge in [0, 0.05) is 31.4 Å². The smallest absolute Gasteiger partial charge is 0.244 e. The molecule has 23 heavy (non-hydrogen) atoms. The molecule has 0 unspecified atom stereocenters. The van der Waals surface area contributed by atoms with Crippen LogP contribution in [0.4, 0.5) is 0 Å². The summed E-state index contributed by atoms with van der Waals surface area (Å²) in [5.41, 5.74) is 1.97. The van der Waals surface area contributed by atoms with E-state index in [1.165, 1.54) is 10.8 Å². The Kier molecular flexibility index (Phi) is 5.11. The van der Waals surface area contributed by atoms with Gasteiger partial charge in [0.05, 0.1) is 15.2 Å². The summed E-state index contributed by atoms with van der Waals surface area (Å²) in [6.45, 7) is 0.645. The minimum Gasteiger partial charge on any atom is -0.353 e. The SMILES string of the molecule is O=C(/C=C/c1cccnc1)NCCCc1nc2ccccc2s1. The molecule has 2 heterocycles. The summed E-state index contributed by atoms with van der Waals surface area (Å²) >= 11 is 1.72. The summed E-state index contributed by atoms with van der Waals surface area (Å²) in [6, 6.07) is 11.9. The fourth-order valence-corrected chi connectivity index (χ4v) is 3.19. The van der Waals surface area contributed by atoms with E-state index in [0.29, 0.717) is 6.54 Å². The van der Waals surface area contributed by atoms with Crippen molar-refractivity contribution in [3.05, 3.63) is 65.4 Å². The molecule has 0 saturated heterocycles. The van der Waals surface area contributed by atoms with Gasteiger partial charge in [-0.2, -0.15) is 0 Å². The number of fused-ring (bicyclic) bond motifs is 1. The van der Waals surface area contributed by atoms with Gasteiger partial charge in [-0.15, -0.1) is 11.3 Å².